The van der Waals surface area contributed by atoms with Crippen LogP contribution in [0.2, 0.25) is 0 Å². The van der Waals surface area contributed by atoms with Crippen molar-refractivity contribution in [2.45, 2.75) is 64.3 Å². The van der Waals surface area contributed by atoms with Crippen LogP contribution < -0.4 is 14.3 Å². The third kappa shape index (κ3) is 7.35. The van der Waals surface area contributed by atoms with Gasteiger partial charge in [0.25, 0.3) is 5.91 Å². The second-order valence-corrected chi connectivity index (χ2v) is 12.6. The SMILES string of the molecule is CCCCN(CCCC)S(=O)(=O)c1ccc(C(=O)N=c2sc3cc4c(cc3n2CCC(=O)OCC)OCCO4)cc1. The number of fused-ring (bicyclic) bond motifs is 2. The maximum atomic E-state index is 13.3. The molecule has 2 heterocycles. The van der Waals surface area contributed by atoms with E-state index in [2.05, 4.69) is 4.99 Å². The molecule has 0 N–H and O–H groups in total. The first-order chi connectivity index (χ1) is 19.8. The largest absolute Gasteiger partial charge is 0.486 e. The number of benzene rings is 2. The summed E-state index contributed by atoms with van der Waals surface area (Å²) in [5.74, 6) is 0.339. The summed E-state index contributed by atoms with van der Waals surface area (Å²) in [6, 6.07) is 9.59. The van der Waals surface area contributed by atoms with E-state index in [0.29, 0.717) is 42.6 Å². The maximum absolute atomic E-state index is 13.3. The number of hydrogen-bond donors (Lipinski definition) is 0. The van der Waals surface area contributed by atoms with Crippen molar-refractivity contribution in [3.8, 4) is 11.5 Å². The van der Waals surface area contributed by atoms with Gasteiger partial charge in [0.2, 0.25) is 10.0 Å². The van der Waals surface area contributed by atoms with Gasteiger partial charge in [-0.1, -0.05) is 38.0 Å². The van der Waals surface area contributed by atoms with Gasteiger partial charge < -0.3 is 18.8 Å². The molecule has 0 radical (unpaired) electrons. The highest BCUT2D eigenvalue weighted by Gasteiger charge is 2.24. The summed E-state index contributed by atoms with van der Waals surface area (Å²) in [4.78, 5) is 30.3. The van der Waals surface area contributed by atoms with Gasteiger partial charge in [-0.2, -0.15) is 9.30 Å². The van der Waals surface area contributed by atoms with Gasteiger partial charge in [0.15, 0.2) is 16.3 Å². The van der Waals surface area contributed by atoms with Crippen LogP contribution in [0.15, 0.2) is 46.3 Å². The zero-order valence-corrected chi connectivity index (χ0v) is 25.4. The Labute approximate surface area is 244 Å². The van der Waals surface area contributed by atoms with E-state index < -0.39 is 15.9 Å². The number of aromatic nitrogens is 1. The van der Waals surface area contributed by atoms with E-state index in [1.54, 1.807) is 11.5 Å². The summed E-state index contributed by atoms with van der Waals surface area (Å²) in [6.07, 6.45) is 3.46. The third-order valence-electron chi connectivity index (χ3n) is 6.65. The van der Waals surface area contributed by atoms with Gasteiger partial charge in [-0.3, -0.25) is 9.59 Å². The maximum Gasteiger partial charge on any atom is 0.307 e. The number of thiazole rings is 1. The van der Waals surface area contributed by atoms with Gasteiger partial charge in [-0.05, 0) is 44.0 Å². The lowest BCUT2D eigenvalue weighted by Crippen LogP contribution is -2.33. The number of carbonyl (C=O) groups excluding carboxylic acids is 2. The molecular weight excluding hydrogens is 566 g/mol. The average Bonchev–Trinajstić information content (AvgIpc) is 3.30. The smallest absolute Gasteiger partial charge is 0.307 e. The molecule has 0 atom stereocenters. The number of ether oxygens (including phenoxy) is 3. The number of hydrogen-bond acceptors (Lipinski definition) is 8. The average molecular weight is 604 g/mol. The van der Waals surface area contributed by atoms with Crippen LogP contribution in [0.25, 0.3) is 10.2 Å². The van der Waals surface area contributed by atoms with Crippen molar-refractivity contribution in [3.63, 3.8) is 0 Å². The molecule has 1 aliphatic rings. The van der Waals surface area contributed by atoms with Crippen LogP contribution in [0.3, 0.4) is 0 Å². The molecule has 0 bridgehead atoms. The van der Waals surface area contributed by atoms with Gasteiger partial charge in [0.1, 0.15) is 13.2 Å². The zero-order valence-electron chi connectivity index (χ0n) is 23.8. The molecule has 0 fully saturated rings. The van der Waals surface area contributed by atoms with Crippen LogP contribution in [0.5, 0.6) is 11.5 Å². The van der Waals surface area contributed by atoms with Gasteiger partial charge in [0.05, 0.1) is 28.1 Å². The minimum Gasteiger partial charge on any atom is -0.486 e. The fourth-order valence-corrected chi connectivity index (χ4v) is 7.02. The van der Waals surface area contributed by atoms with Crippen LogP contribution >= 0.6 is 11.3 Å². The standard InChI is InChI=1S/C29H37N3O7S2/c1-4-7-14-31(15-8-5-2)41(35,36)22-11-9-21(10-12-22)28(34)30-29-32(16-13-27(33)37-6-3)23-19-24-25(20-26(23)40-29)39-18-17-38-24/h9-12,19-20H,4-8,13-18H2,1-3H3. The molecule has 0 spiro atoms. The van der Waals surface area contributed by atoms with Crippen molar-refractivity contribution >= 4 is 43.5 Å². The van der Waals surface area contributed by atoms with E-state index in [9.17, 15) is 18.0 Å². The molecule has 4 rings (SSSR count). The second kappa shape index (κ2) is 14.1. The molecule has 1 aliphatic heterocycles. The first kappa shape index (κ1) is 30.7. The van der Waals surface area contributed by atoms with E-state index in [4.69, 9.17) is 14.2 Å². The van der Waals surface area contributed by atoms with Crippen LogP contribution in [-0.2, 0) is 26.1 Å². The Balaban J connectivity index is 1.65. The molecular formula is C29H37N3O7S2. The van der Waals surface area contributed by atoms with Crippen LogP contribution in [0.1, 0.15) is 63.2 Å². The van der Waals surface area contributed by atoms with Crippen molar-refractivity contribution in [2.24, 2.45) is 4.99 Å². The van der Waals surface area contributed by atoms with Gasteiger partial charge >= 0.3 is 5.97 Å². The van der Waals surface area contributed by atoms with Crippen molar-refractivity contribution in [3.05, 3.63) is 46.8 Å². The van der Waals surface area contributed by atoms with Gasteiger partial charge in [0, 0.05) is 37.3 Å². The summed E-state index contributed by atoms with van der Waals surface area (Å²) >= 11 is 1.30. The van der Waals surface area contributed by atoms with E-state index in [1.165, 1.54) is 39.9 Å². The minimum absolute atomic E-state index is 0.106. The fraction of sp³-hybridized carbons (Fsp3) is 0.483. The number of esters is 1. The van der Waals surface area contributed by atoms with Crippen LogP contribution in [0.4, 0.5) is 0 Å². The lowest BCUT2D eigenvalue weighted by atomic mass is 10.2. The molecule has 0 aliphatic carbocycles. The van der Waals surface area contributed by atoms with Crippen molar-refractivity contribution < 1.29 is 32.2 Å². The molecule has 1 amide bonds. The predicted molar refractivity (Wildman–Crippen MR) is 157 cm³/mol. The zero-order chi connectivity index (χ0) is 29.4. The highest BCUT2D eigenvalue weighted by molar-refractivity contribution is 7.89. The van der Waals surface area contributed by atoms with Crippen molar-refractivity contribution in [1.82, 2.24) is 8.87 Å². The molecule has 10 nitrogen and oxygen atoms in total. The van der Waals surface area contributed by atoms with Crippen LogP contribution in [-0.4, -0.2) is 62.1 Å². The van der Waals surface area contributed by atoms with E-state index in [0.717, 1.165) is 35.9 Å². The second-order valence-electron chi connectivity index (χ2n) is 9.61. The first-order valence-corrected chi connectivity index (χ1v) is 16.3. The molecule has 0 unspecified atom stereocenters. The third-order valence-corrected chi connectivity index (χ3v) is 9.60. The normalized spacial score (nSPS) is 13.6. The lowest BCUT2D eigenvalue weighted by Gasteiger charge is -2.22. The highest BCUT2D eigenvalue weighted by atomic mass is 32.2. The molecule has 41 heavy (non-hydrogen) atoms. The number of unbranched alkanes of at least 4 members (excludes halogenated alkanes) is 2. The van der Waals surface area contributed by atoms with E-state index >= 15 is 0 Å². The number of amides is 1. The number of nitrogens with zero attached hydrogens (tertiary/aromatic N) is 3. The van der Waals surface area contributed by atoms with Gasteiger partial charge in [-0.25, -0.2) is 8.42 Å². The van der Waals surface area contributed by atoms with Gasteiger partial charge in [-0.15, -0.1) is 0 Å². The Bertz CT molecular complexity index is 1530. The Morgan fingerprint density at radius 2 is 1.63 bits per heavy atom. The molecule has 2 aromatic carbocycles. The first-order valence-electron chi connectivity index (χ1n) is 14.1. The summed E-state index contributed by atoms with van der Waals surface area (Å²) < 4.78 is 47.3. The minimum atomic E-state index is -3.68. The summed E-state index contributed by atoms with van der Waals surface area (Å²) in [7, 11) is -3.68. The number of sulfonamides is 1. The van der Waals surface area contributed by atoms with E-state index in [1.807, 2.05) is 26.0 Å². The van der Waals surface area contributed by atoms with E-state index in [-0.39, 0.29) is 36.0 Å². The Morgan fingerprint density at radius 3 is 2.24 bits per heavy atom. The number of carbonyl (C=O) groups is 2. The lowest BCUT2D eigenvalue weighted by molar-refractivity contribution is -0.143. The highest BCUT2D eigenvalue weighted by Crippen LogP contribution is 2.35. The number of rotatable bonds is 13. The molecule has 222 valence electrons. The molecule has 3 aromatic rings. The number of aryl methyl sites for hydroxylation is 1. The Kier molecular flexibility index (Phi) is 10.6. The summed E-state index contributed by atoms with van der Waals surface area (Å²) in [5.41, 5.74) is 1.02. The molecule has 12 heteroatoms. The Hall–Kier alpha value is -3.22. The summed E-state index contributed by atoms with van der Waals surface area (Å²) in [6.45, 7) is 8.15. The fourth-order valence-electron chi connectivity index (χ4n) is 4.44. The molecule has 0 saturated carbocycles. The quantitative estimate of drug-likeness (QED) is 0.259. The molecule has 0 saturated heterocycles. The Morgan fingerprint density at radius 1 is 1.00 bits per heavy atom. The predicted octanol–water partition coefficient (Wildman–Crippen LogP) is 4.76. The summed E-state index contributed by atoms with van der Waals surface area (Å²) in [5, 5.41) is 0. The monoisotopic (exact) mass is 603 g/mol. The van der Waals surface area contributed by atoms with Crippen LogP contribution in [0, 0.1) is 0 Å². The van der Waals surface area contributed by atoms with Crippen molar-refractivity contribution in [2.75, 3.05) is 32.9 Å². The molecule has 1 aromatic heterocycles. The topological polar surface area (TPSA) is 117 Å². The van der Waals surface area contributed by atoms with Crippen molar-refractivity contribution in [1.29, 1.82) is 0 Å².